The van der Waals surface area contributed by atoms with Crippen molar-refractivity contribution in [2.24, 2.45) is 0 Å². The van der Waals surface area contributed by atoms with Crippen molar-refractivity contribution < 1.29 is 9.72 Å². The summed E-state index contributed by atoms with van der Waals surface area (Å²) >= 11 is 1.02. The van der Waals surface area contributed by atoms with Crippen LogP contribution in [0.4, 0.5) is 5.00 Å². The van der Waals surface area contributed by atoms with Crippen LogP contribution in [0.3, 0.4) is 0 Å². The Morgan fingerprint density at radius 3 is 2.95 bits per heavy atom. The molecule has 3 rings (SSSR count). The number of fused-ring (bicyclic) bond motifs is 2. The number of carbonyl (C=O) groups is 1. The van der Waals surface area contributed by atoms with Gasteiger partial charge in [-0.05, 0) is 25.8 Å². The number of hydrogen-bond acceptors (Lipinski definition) is 5. The summed E-state index contributed by atoms with van der Waals surface area (Å²) in [5.74, 6) is -0.0550. The van der Waals surface area contributed by atoms with Gasteiger partial charge in [-0.2, -0.15) is 0 Å². The van der Waals surface area contributed by atoms with E-state index >= 15 is 0 Å². The van der Waals surface area contributed by atoms with E-state index in [-0.39, 0.29) is 23.0 Å². The van der Waals surface area contributed by atoms with E-state index in [1.807, 2.05) is 4.90 Å². The lowest BCUT2D eigenvalue weighted by Gasteiger charge is -2.27. The van der Waals surface area contributed by atoms with Crippen molar-refractivity contribution in [3.05, 3.63) is 27.1 Å². The fourth-order valence-electron chi connectivity index (χ4n) is 3.00. The Bertz CT molecular complexity index is 502. The molecule has 7 heteroatoms. The van der Waals surface area contributed by atoms with E-state index in [1.54, 1.807) is 5.38 Å². The molecule has 0 spiro atoms. The minimum Gasteiger partial charge on any atom is -0.331 e. The van der Waals surface area contributed by atoms with Crippen molar-refractivity contribution in [1.82, 2.24) is 10.2 Å². The summed E-state index contributed by atoms with van der Waals surface area (Å²) in [6.07, 6.45) is 3.04. The van der Waals surface area contributed by atoms with Gasteiger partial charge in [-0.15, -0.1) is 0 Å². The molecule has 0 radical (unpaired) electrons. The minimum atomic E-state index is -0.444. The van der Waals surface area contributed by atoms with Crippen molar-refractivity contribution >= 4 is 22.2 Å². The topological polar surface area (TPSA) is 75.5 Å². The van der Waals surface area contributed by atoms with E-state index in [0.717, 1.165) is 43.7 Å². The fraction of sp³-hybridized carbons (Fsp3) is 0.583. The first-order valence-corrected chi connectivity index (χ1v) is 7.31. The average molecular weight is 281 g/mol. The lowest BCUT2D eigenvalue weighted by atomic mass is 10.1. The van der Waals surface area contributed by atoms with E-state index in [1.165, 1.54) is 6.07 Å². The first kappa shape index (κ1) is 12.6. The molecule has 2 unspecified atom stereocenters. The number of amides is 1. The molecular weight excluding hydrogens is 266 g/mol. The van der Waals surface area contributed by atoms with E-state index in [4.69, 9.17) is 0 Å². The number of hydrogen-bond donors (Lipinski definition) is 1. The molecule has 2 aliphatic heterocycles. The second-order valence-corrected chi connectivity index (χ2v) is 5.91. The molecule has 2 fully saturated rings. The van der Waals surface area contributed by atoms with Crippen molar-refractivity contribution in [3.63, 3.8) is 0 Å². The number of nitrogens with one attached hydrogen (secondary N) is 1. The van der Waals surface area contributed by atoms with Crippen LogP contribution in [-0.2, 0) is 0 Å². The molecule has 6 nitrogen and oxygen atoms in total. The Labute approximate surface area is 114 Å². The zero-order valence-corrected chi connectivity index (χ0v) is 11.2. The van der Waals surface area contributed by atoms with Gasteiger partial charge in [0.25, 0.3) is 5.91 Å². The molecule has 19 heavy (non-hydrogen) atoms. The second kappa shape index (κ2) is 4.90. The second-order valence-electron chi connectivity index (χ2n) is 5.02. The van der Waals surface area contributed by atoms with E-state index in [0.29, 0.717) is 5.56 Å². The van der Waals surface area contributed by atoms with Crippen molar-refractivity contribution in [2.45, 2.75) is 31.3 Å². The summed E-state index contributed by atoms with van der Waals surface area (Å²) in [7, 11) is 0. The summed E-state index contributed by atoms with van der Waals surface area (Å²) in [5.41, 5.74) is 0.454. The van der Waals surface area contributed by atoms with Crippen LogP contribution in [0.25, 0.3) is 0 Å². The molecule has 1 N–H and O–H groups in total. The highest BCUT2D eigenvalue weighted by atomic mass is 32.1. The number of nitrogens with zero attached hydrogens (tertiary/aromatic N) is 2. The smallest absolute Gasteiger partial charge is 0.324 e. The van der Waals surface area contributed by atoms with Crippen molar-refractivity contribution in [2.75, 3.05) is 13.1 Å². The minimum absolute atomic E-state index is 0.0312. The maximum absolute atomic E-state index is 12.5. The van der Waals surface area contributed by atoms with Gasteiger partial charge in [0, 0.05) is 30.1 Å². The van der Waals surface area contributed by atoms with Crippen LogP contribution in [0.2, 0.25) is 0 Å². The molecule has 0 aliphatic carbocycles. The Hall–Kier alpha value is -1.47. The SMILES string of the molecule is O=C(c1csc([N+](=O)[O-])c1)N1C2CCNCC1CC2. The quantitative estimate of drug-likeness (QED) is 0.660. The Morgan fingerprint density at radius 2 is 2.21 bits per heavy atom. The van der Waals surface area contributed by atoms with Gasteiger partial charge < -0.3 is 10.2 Å². The van der Waals surface area contributed by atoms with Crippen LogP contribution < -0.4 is 5.32 Å². The molecule has 102 valence electrons. The van der Waals surface area contributed by atoms with Crippen LogP contribution in [-0.4, -0.2) is 40.9 Å². The summed E-state index contributed by atoms with van der Waals surface area (Å²) in [6.45, 7) is 1.77. The summed E-state index contributed by atoms with van der Waals surface area (Å²) in [6, 6.07) is 1.91. The summed E-state index contributed by atoms with van der Waals surface area (Å²) in [5, 5.41) is 15.7. The highest BCUT2D eigenvalue weighted by Crippen LogP contribution is 2.31. The van der Waals surface area contributed by atoms with Gasteiger partial charge >= 0.3 is 5.00 Å². The molecular formula is C12H15N3O3S. The van der Waals surface area contributed by atoms with Crippen LogP contribution in [0.15, 0.2) is 11.4 Å². The first-order chi connectivity index (χ1) is 9.16. The molecule has 1 aromatic rings. The molecule has 1 amide bonds. The Balaban J connectivity index is 1.84. The van der Waals surface area contributed by atoms with Crippen LogP contribution in [0.1, 0.15) is 29.6 Å². The molecule has 1 aromatic heterocycles. The largest absolute Gasteiger partial charge is 0.331 e. The summed E-state index contributed by atoms with van der Waals surface area (Å²) in [4.78, 5) is 24.7. The summed E-state index contributed by atoms with van der Waals surface area (Å²) < 4.78 is 0. The number of carbonyl (C=O) groups excluding carboxylic acids is 1. The van der Waals surface area contributed by atoms with E-state index in [2.05, 4.69) is 5.32 Å². The molecule has 0 aromatic carbocycles. The van der Waals surface area contributed by atoms with Gasteiger partial charge in [0.2, 0.25) is 0 Å². The third kappa shape index (κ3) is 2.23. The molecule has 2 aliphatic rings. The number of thiophene rings is 1. The molecule has 0 saturated carbocycles. The number of nitro groups is 1. The molecule has 2 saturated heterocycles. The third-order valence-corrected chi connectivity index (χ3v) is 4.78. The number of rotatable bonds is 2. The zero-order chi connectivity index (χ0) is 13.4. The maximum atomic E-state index is 12.5. The van der Waals surface area contributed by atoms with Gasteiger partial charge in [-0.25, -0.2) is 0 Å². The van der Waals surface area contributed by atoms with Crippen LogP contribution in [0.5, 0.6) is 0 Å². The molecule has 2 bridgehead atoms. The Kier molecular flexibility index (Phi) is 3.24. The van der Waals surface area contributed by atoms with E-state index < -0.39 is 4.92 Å². The zero-order valence-electron chi connectivity index (χ0n) is 10.4. The maximum Gasteiger partial charge on any atom is 0.324 e. The predicted octanol–water partition coefficient (Wildman–Crippen LogP) is 1.62. The van der Waals surface area contributed by atoms with Gasteiger partial charge in [-0.1, -0.05) is 11.3 Å². The molecule has 3 heterocycles. The fourth-order valence-corrected chi connectivity index (χ4v) is 3.69. The highest BCUT2D eigenvalue weighted by molar-refractivity contribution is 7.13. The van der Waals surface area contributed by atoms with Crippen molar-refractivity contribution in [1.29, 1.82) is 0 Å². The van der Waals surface area contributed by atoms with Crippen LogP contribution >= 0.6 is 11.3 Å². The van der Waals surface area contributed by atoms with Crippen LogP contribution in [0, 0.1) is 10.1 Å². The van der Waals surface area contributed by atoms with Gasteiger partial charge in [0.1, 0.15) is 0 Å². The normalized spacial score (nSPS) is 26.2. The van der Waals surface area contributed by atoms with Crippen molar-refractivity contribution in [3.8, 4) is 0 Å². The first-order valence-electron chi connectivity index (χ1n) is 6.43. The standard InChI is InChI=1S/C12H15N3O3S/c16-12(8-5-11(15(17)18)19-7-8)14-9-1-2-10(14)6-13-4-3-9/h5,7,9-10,13H,1-4,6H2. The Morgan fingerprint density at radius 1 is 1.42 bits per heavy atom. The van der Waals surface area contributed by atoms with E-state index in [9.17, 15) is 14.9 Å². The van der Waals surface area contributed by atoms with Gasteiger partial charge in [0.15, 0.2) is 0 Å². The monoisotopic (exact) mass is 281 g/mol. The average Bonchev–Trinajstić information content (AvgIpc) is 2.92. The molecule has 2 atom stereocenters. The lowest BCUT2D eigenvalue weighted by Crippen LogP contribution is -2.42. The van der Waals surface area contributed by atoms with Gasteiger partial charge in [-0.3, -0.25) is 14.9 Å². The third-order valence-electron chi connectivity index (χ3n) is 3.90. The predicted molar refractivity (Wildman–Crippen MR) is 71.4 cm³/mol. The van der Waals surface area contributed by atoms with Gasteiger partial charge in [0.05, 0.1) is 10.5 Å². The highest BCUT2D eigenvalue weighted by Gasteiger charge is 2.38. The lowest BCUT2D eigenvalue weighted by molar-refractivity contribution is -0.380.